The fourth-order valence-corrected chi connectivity index (χ4v) is 0.635. The predicted molar refractivity (Wildman–Crippen MR) is 26.2 cm³/mol. The minimum Gasteiger partial charge on any atom is -1.00 e. The first-order valence-electron chi connectivity index (χ1n) is 2.46. The number of hydrogen-bond acceptors (Lipinski definition) is 3. The summed E-state index contributed by atoms with van der Waals surface area (Å²) in [4.78, 5) is 20.3. The minimum absolute atomic E-state index is 0. The van der Waals surface area contributed by atoms with Gasteiger partial charge in [-0.2, -0.15) is 0 Å². The molecule has 1 unspecified atom stereocenters. The number of ether oxygens (including phenoxy) is 1. The fourth-order valence-electron chi connectivity index (χ4n) is 0.635. The third-order valence-electron chi connectivity index (χ3n) is 1.14. The van der Waals surface area contributed by atoms with E-state index in [2.05, 4.69) is 4.74 Å². The Labute approximate surface area is 76.5 Å². The molecule has 4 heteroatoms. The van der Waals surface area contributed by atoms with Gasteiger partial charge in [-0.1, -0.05) is 0 Å². The van der Waals surface area contributed by atoms with E-state index in [0.29, 0.717) is 19.3 Å². The Bertz CT molecular complexity index is 128. The Kier molecular flexibility index (Phi) is 4.10. The summed E-state index contributed by atoms with van der Waals surface area (Å²) >= 11 is 0. The van der Waals surface area contributed by atoms with Crippen molar-refractivity contribution < 1.29 is 45.3 Å². The van der Waals surface area contributed by atoms with E-state index in [1.807, 2.05) is 0 Å². The number of aldehydes is 1. The van der Waals surface area contributed by atoms with Crippen LogP contribution >= 0.6 is 0 Å². The molecule has 0 spiro atoms. The van der Waals surface area contributed by atoms with Crippen LogP contribution in [-0.4, -0.2) is 18.9 Å². The van der Waals surface area contributed by atoms with Crippen molar-refractivity contribution in [2.45, 2.75) is 6.42 Å². The van der Waals surface area contributed by atoms with E-state index in [4.69, 9.17) is 0 Å². The number of esters is 1. The molecule has 0 aromatic carbocycles. The molecule has 3 nitrogen and oxygen atoms in total. The van der Waals surface area contributed by atoms with E-state index in [0.717, 1.165) is 0 Å². The van der Waals surface area contributed by atoms with E-state index < -0.39 is 5.92 Å². The Morgan fingerprint density at radius 2 is 2.44 bits per heavy atom. The van der Waals surface area contributed by atoms with Crippen molar-refractivity contribution in [3.05, 3.63) is 0 Å². The van der Waals surface area contributed by atoms with Crippen LogP contribution in [0.15, 0.2) is 0 Å². The zero-order valence-corrected chi connectivity index (χ0v) is 7.29. The molecule has 1 aliphatic rings. The number of carbonyl (C=O) groups excluding carboxylic acids is 2. The maximum absolute atomic E-state index is 10.4. The van der Waals surface area contributed by atoms with Gasteiger partial charge < -0.3 is 11.0 Å². The van der Waals surface area contributed by atoms with Crippen molar-refractivity contribution in [1.29, 1.82) is 0 Å². The van der Waals surface area contributed by atoms with Crippen molar-refractivity contribution in [3.63, 3.8) is 0 Å². The molecule has 1 saturated heterocycles. The molecule has 1 atom stereocenters. The van der Waals surface area contributed by atoms with Crippen LogP contribution in [0.5, 0.6) is 0 Å². The Hall–Kier alpha value is 0.140. The molecule has 46 valence electrons. The molecule has 0 bridgehead atoms. The SMILES string of the molecule is O=CC1CCOC1=O.[H-].[Na+]. The van der Waals surface area contributed by atoms with E-state index in [1.165, 1.54) is 0 Å². The normalized spacial score (nSPS) is 24.4. The molecule has 0 radical (unpaired) electrons. The van der Waals surface area contributed by atoms with Crippen molar-refractivity contribution in [2.24, 2.45) is 5.92 Å². The monoisotopic (exact) mass is 138 g/mol. The maximum Gasteiger partial charge on any atom is 1.00 e. The van der Waals surface area contributed by atoms with Gasteiger partial charge in [0.1, 0.15) is 12.2 Å². The Morgan fingerprint density at radius 3 is 2.67 bits per heavy atom. The number of cyclic esters (lactones) is 1. The van der Waals surface area contributed by atoms with Gasteiger partial charge in [-0.05, 0) is 0 Å². The number of carbonyl (C=O) groups is 2. The number of rotatable bonds is 1. The molecule has 1 fully saturated rings. The summed E-state index contributed by atoms with van der Waals surface area (Å²) in [6, 6.07) is 0. The van der Waals surface area contributed by atoms with Gasteiger partial charge in [-0.3, -0.25) is 4.79 Å². The van der Waals surface area contributed by atoms with Crippen LogP contribution in [0.2, 0.25) is 0 Å². The summed E-state index contributed by atoms with van der Waals surface area (Å²) in [6.45, 7) is 0.405. The summed E-state index contributed by atoms with van der Waals surface area (Å²) in [5.41, 5.74) is 0. The number of hydrogen-bond donors (Lipinski definition) is 0. The third-order valence-corrected chi connectivity index (χ3v) is 1.14. The average molecular weight is 138 g/mol. The second-order valence-electron chi connectivity index (χ2n) is 1.70. The fraction of sp³-hybridized carbons (Fsp3) is 0.600. The first-order chi connectivity index (χ1) is 3.84. The van der Waals surface area contributed by atoms with E-state index in [1.54, 1.807) is 0 Å². The van der Waals surface area contributed by atoms with Crippen LogP contribution in [0.4, 0.5) is 0 Å². The van der Waals surface area contributed by atoms with Crippen LogP contribution in [0.3, 0.4) is 0 Å². The molecule has 0 aromatic heterocycles. The summed E-state index contributed by atoms with van der Waals surface area (Å²) in [5.74, 6) is -0.852. The van der Waals surface area contributed by atoms with E-state index in [-0.39, 0.29) is 37.0 Å². The van der Waals surface area contributed by atoms with Crippen molar-refractivity contribution in [2.75, 3.05) is 6.61 Å². The first-order valence-corrected chi connectivity index (χ1v) is 2.46. The molecule has 0 N–H and O–H groups in total. The minimum atomic E-state index is -0.477. The van der Waals surface area contributed by atoms with Gasteiger partial charge >= 0.3 is 35.5 Å². The molecular weight excluding hydrogens is 131 g/mol. The summed E-state index contributed by atoms with van der Waals surface area (Å²) in [7, 11) is 0. The van der Waals surface area contributed by atoms with Gasteiger partial charge in [0.05, 0.1) is 6.61 Å². The zero-order valence-electron chi connectivity index (χ0n) is 6.29. The van der Waals surface area contributed by atoms with Crippen LogP contribution in [0.25, 0.3) is 0 Å². The molecule has 1 rings (SSSR count). The van der Waals surface area contributed by atoms with E-state index >= 15 is 0 Å². The van der Waals surface area contributed by atoms with Gasteiger partial charge in [-0.15, -0.1) is 0 Å². The van der Waals surface area contributed by atoms with Gasteiger partial charge in [0.15, 0.2) is 0 Å². The van der Waals surface area contributed by atoms with Crippen molar-refractivity contribution >= 4 is 12.3 Å². The third kappa shape index (κ3) is 2.08. The molecule has 0 aliphatic carbocycles. The molecule has 9 heavy (non-hydrogen) atoms. The quantitative estimate of drug-likeness (QED) is 0.166. The average Bonchev–Trinajstić information content (AvgIpc) is 2.14. The smallest absolute Gasteiger partial charge is 1.00 e. The van der Waals surface area contributed by atoms with E-state index in [9.17, 15) is 9.59 Å². The summed E-state index contributed by atoms with van der Waals surface area (Å²) < 4.78 is 4.49. The standard InChI is InChI=1S/C5H6O3.Na.H/c6-3-4-1-2-8-5(4)7;;/h3-4H,1-2H2;;/q;+1;-1. The Morgan fingerprint density at radius 1 is 1.78 bits per heavy atom. The van der Waals surface area contributed by atoms with Crippen LogP contribution in [0.1, 0.15) is 7.85 Å². The van der Waals surface area contributed by atoms with Crippen molar-refractivity contribution in [3.8, 4) is 0 Å². The van der Waals surface area contributed by atoms with Gasteiger partial charge in [0.2, 0.25) is 0 Å². The van der Waals surface area contributed by atoms with Gasteiger partial charge in [-0.25, -0.2) is 0 Å². The molecular formula is C5H7NaO3. The second kappa shape index (κ2) is 4.04. The van der Waals surface area contributed by atoms with Crippen LogP contribution < -0.4 is 29.6 Å². The molecule has 0 amide bonds. The second-order valence-corrected chi connectivity index (χ2v) is 1.70. The topological polar surface area (TPSA) is 43.4 Å². The molecule has 0 aromatic rings. The Balaban J connectivity index is 0. The largest absolute Gasteiger partial charge is 1.00 e. The zero-order chi connectivity index (χ0) is 5.98. The van der Waals surface area contributed by atoms with Crippen LogP contribution in [-0.2, 0) is 14.3 Å². The summed E-state index contributed by atoms with van der Waals surface area (Å²) in [6.07, 6.45) is 1.19. The summed E-state index contributed by atoms with van der Waals surface area (Å²) in [5, 5.41) is 0. The van der Waals surface area contributed by atoms with Gasteiger partial charge in [0.25, 0.3) is 0 Å². The molecule has 1 heterocycles. The van der Waals surface area contributed by atoms with Gasteiger partial charge in [0, 0.05) is 6.42 Å². The first kappa shape index (κ1) is 9.14. The molecule has 1 aliphatic heterocycles. The molecule has 0 saturated carbocycles. The maximum atomic E-state index is 10.4. The predicted octanol–water partition coefficient (Wildman–Crippen LogP) is -3.14. The van der Waals surface area contributed by atoms with Crippen LogP contribution in [0, 0.1) is 5.92 Å². The van der Waals surface area contributed by atoms with Crippen molar-refractivity contribution in [1.82, 2.24) is 0 Å².